The Labute approximate surface area is 141 Å². The average Bonchev–Trinajstić information content (AvgIpc) is 2.58. The van der Waals surface area contributed by atoms with E-state index in [1.165, 1.54) is 20.3 Å². The molecule has 0 aromatic heterocycles. The van der Waals surface area contributed by atoms with Gasteiger partial charge in [-0.2, -0.15) is 5.26 Å². The van der Waals surface area contributed by atoms with Crippen LogP contribution in [-0.2, 0) is 14.3 Å². The van der Waals surface area contributed by atoms with E-state index in [0.717, 1.165) is 4.90 Å². The molecule has 132 valence electrons. The molecule has 1 atom stereocenters. The summed E-state index contributed by atoms with van der Waals surface area (Å²) in [7, 11) is 7.92. The molecular formula is C16H24N3O5+. The van der Waals surface area contributed by atoms with Crippen molar-refractivity contribution in [3.8, 4) is 17.6 Å². The first kappa shape index (κ1) is 19.7. The van der Waals surface area contributed by atoms with E-state index in [4.69, 9.17) is 18.9 Å². The van der Waals surface area contributed by atoms with Gasteiger partial charge in [-0.1, -0.05) is 0 Å². The number of rotatable bonds is 9. The predicted octanol–water partition coefficient (Wildman–Crippen LogP) is -0.352. The number of nitrogens with zero attached hydrogens (tertiary/aromatic N) is 1. The van der Waals surface area contributed by atoms with Crippen LogP contribution in [0, 0.1) is 11.3 Å². The van der Waals surface area contributed by atoms with Gasteiger partial charge in [-0.15, -0.1) is 0 Å². The molecule has 1 unspecified atom stereocenters. The molecule has 1 amide bonds. The van der Waals surface area contributed by atoms with Crippen molar-refractivity contribution < 1.29 is 28.6 Å². The van der Waals surface area contributed by atoms with Gasteiger partial charge in [-0.25, -0.2) is 0 Å². The monoisotopic (exact) mass is 338 g/mol. The average molecular weight is 338 g/mol. The van der Waals surface area contributed by atoms with Crippen LogP contribution in [0.25, 0.3) is 0 Å². The Morgan fingerprint density at radius 3 is 2.29 bits per heavy atom. The minimum atomic E-state index is -0.381. The summed E-state index contributed by atoms with van der Waals surface area (Å²) >= 11 is 0. The fourth-order valence-electron chi connectivity index (χ4n) is 2.16. The summed E-state index contributed by atoms with van der Waals surface area (Å²) in [5, 5.41) is 12.0. The number of likely N-dealkylation sites (N-methyl/N-ethyl adjacent to an activating group) is 1. The van der Waals surface area contributed by atoms with Gasteiger partial charge in [0.25, 0.3) is 5.91 Å². The number of carbonyl (C=O) groups is 1. The second-order valence-corrected chi connectivity index (χ2v) is 5.15. The number of amides is 1. The van der Waals surface area contributed by atoms with E-state index >= 15 is 0 Å². The van der Waals surface area contributed by atoms with E-state index in [1.54, 1.807) is 20.3 Å². The lowest BCUT2D eigenvalue weighted by Gasteiger charge is -2.19. The number of carbonyl (C=O) groups excluding carboxylic acids is 1. The highest BCUT2D eigenvalue weighted by Crippen LogP contribution is 2.32. The summed E-state index contributed by atoms with van der Waals surface area (Å²) in [6.45, 7) is 0.708. The Bertz CT molecular complexity index is 596. The van der Waals surface area contributed by atoms with Gasteiger partial charge >= 0.3 is 0 Å². The van der Waals surface area contributed by atoms with Crippen molar-refractivity contribution in [1.29, 1.82) is 5.26 Å². The van der Waals surface area contributed by atoms with E-state index in [0.29, 0.717) is 29.3 Å². The molecule has 0 saturated heterocycles. The Balaban J connectivity index is 2.81. The molecule has 0 bridgehead atoms. The Morgan fingerprint density at radius 1 is 1.21 bits per heavy atom. The molecule has 0 aliphatic heterocycles. The van der Waals surface area contributed by atoms with Crippen molar-refractivity contribution >= 4 is 11.6 Å². The van der Waals surface area contributed by atoms with Gasteiger partial charge in [-0.05, 0) is 0 Å². The highest BCUT2D eigenvalue weighted by atomic mass is 16.7. The number of quaternary nitrogens is 1. The number of methoxy groups -OCH3 is 4. The third kappa shape index (κ3) is 5.38. The molecule has 1 rings (SSSR count). The predicted molar refractivity (Wildman–Crippen MR) is 87.3 cm³/mol. The van der Waals surface area contributed by atoms with Crippen LogP contribution in [0.2, 0.25) is 0 Å². The van der Waals surface area contributed by atoms with E-state index in [9.17, 15) is 10.1 Å². The van der Waals surface area contributed by atoms with E-state index in [2.05, 4.69) is 5.32 Å². The first-order valence-electron chi connectivity index (χ1n) is 7.31. The molecule has 8 heteroatoms. The van der Waals surface area contributed by atoms with Crippen molar-refractivity contribution in [1.82, 2.24) is 0 Å². The lowest BCUT2D eigenvalue weighted by atomic mass is 10.1. The van der Waals surface area contributed by atoms with Crippen LogP contribution in [0.5, 0.6) is 11.5 Å². The lowest BCUT2D eigenvalue weighted by Crippen LogP contribution is -3.11. The Morgan fingerprint density at radius 2 is 1.79 bits per heavy atom. The summed E-state index contributed by atoms with van der Waals surface area (Å²) in [5.74, 6) is 0.631. The molecule has 8 nitrogen and oxygen atoms in total. The minimum absolute atomic E-state index is 0.197. The van der Waals surface area contributed by atoms with Gasteiger partial charge in [0.15, 0.2) is 18.0 Å². The molecule has 0 heterocycles. The third-order valence-corrected chi connectivity index (χ3v) is 3.42. The third-order valence-electron chi connectivity index (χ3n) is 3.42. The lowest BCUT2D eigenvalue weighted by molar-refractivity contribution is -0.877. The molecular weight excluding hydrogens is 314 g/mol. The first-order chi connectivity index (χ1) is 11.5. The van der Waals surface area contributed by atoms with Crippen molar-refractivity contribution in [2.75, 3.05) is 53.9 Å². The van der Waals surface area contributed by atoms with Crippen molar-refractivity contribution in [3.05, 3.63) is 17.7 Å². The molecule has 0 aliphatic carbocycles. The smallest absolute Gasteiger partial charge is 0.279 e. The van der Waals surface area contributed by atoms with Gasteiger partial charge in [0.1, 0.15) is 12.6 Å². The number of benzene rings is 1. The van der Waals surface area contributed by atoms with Gasteiger partial charge in [0.05, 0.1) is 32.5 Å². The zero-order valence-corrected chi connectivity index (χ0v) is 14.6. The van der Waals surface area contributed by atoms with Gasteiger partial charge < -0.3 is 29.2 Å². The second kappa shape index (κ2) is 9.72. The summed E-state index contributed by atoms with van der Waals surface area (Å²) in [6, 6.07) is 5.13. The fourth-order valence-corrected chi connectivity index (χ4v) is 2.16. The highest BCUT2D eigenvalue weighted by molar-refractivity contribution is 5.93. The number of anilines is 1. The van der Waals surface area contributed by atoms with Crippen molar-refractivity contribution in [2.24, 2.45) is 0 Å². The van der Waals surface area contributed by atoms with Crippen molar-refractivity contribution in [3.63, 3.8) is 0 Å². The normalized spacial score (nSPS) is 11.7. The summed E-state index contributed by atoms with van der Waals surface area (Å²) in [6.07, 6.45) is -0.381. The zero-order valence-electron chi connectivity index (χ0n) is 14.6. The SMILES string of the molecule is COc1cc(C#N)c(NC(=O)C[NH+](C)CC(OC)OC)cc1OC. The fraction of sp³-hybridized carbons (Fsp3) is 0.500. The molecule has 24 heavy (non-hydrogen) atoms. The number of hydrogen-bond donors (Lipinski definition) is 2. The number of nitrogens with one attached hydrogen (secondary N) is 2. The summed E-state index contributed by atoms with van der Waals surface area (Å²) in [5.41, 5.74) is 0.674. The second-order valence-electron chi connectivity index (χ2n) is 5.15. The first-order valence-corrected chi connectivity index (χ1v) is 7.31. The van der Waals surface area contributed by atoms with Crippen LogP contribution in [0.3, 0.4) is 0 Å². The highest BCUT2D eigenvalue weighted by Gasteiger charge is 2.18. The maximum absolute atomic E-state index is 12.2. The van der Waals surface area contributed by atoms with E-state index in [1.807, 2.05) is 13.1 Å². The van der Waals surface area contributed by atoms with Gasteiger partial charge in [0, 0.05) is 26.4 Å². The maximum atomic E-state index is 12.2. The standard InChI is InChI=1S/C16H23N3O5/c1-19(10-16(23-4)24-5)9-15(20)18-12-7-14(22-3)13(21-2)6-11(12)8-17/h6-7,16H,9-10H2,1-5H3,(H,18,20)/p+1. The topological polar surface area (TPSA) is 94.3 Å². The Hall–Kier alpha value is -2.34. The Kier molecular flexibility index (Phi) is 7.98. The van der Waals surface area contributed by atoms with Crippen LogP contribution in [0.4, 0.5) is 5.69 Å². The molecule has 2 N–H and O–H groups in total. The van der Waals surface area contributed by atoms with Gasteiger partial charge in [-0.3, -0.25) is 4.79 Å². The molecule has 0 spiro atoms. The van der Waals surface area contributed by atoms with Gasteiger partial charge in [0.2, 0.25) is 6.29 Å². The molecule has 0 saturated carbocycles. The molecule has 0 radical (unpaired) electrons. The number of nitriles is 1. The molecule has 1 aromatic rings. The van der Waals surface area contributed by atoms with Crippen LogP contribution in [0.1, 0.15) is 5.56 Å². The quantitative estimate of drug-likeness (QED) is 0.598. The summed E-state index contributed by atoms with van der Waals surface area (Å²) < 4.78 is 20.6. The van der Waals surface area contributed by atoms with Crippen LogP contribution >= 0.6 is 0 Å². The largest absolute Gasteiger partial charge is 0.493 e. The maximum Gasteiger partial charge on any atom is 0.279 e. The van der Waals surface area contributed by atoms with E-state index in [-0.39, 0.29) is 18.7 Å². The minimum Gasteiger partial charge on any atom is -0.493 e. The zero-order chi connectivity index (χ0) is 18.1. The molecule has 0 fully saturated rings. The van der Waals surface area contributed by atoms with Crippen molar-refractivity contribution in [2.45, 2.75) is 6.29 Å². The number of ether oxygens (including phenoxy) is 4. The van der Waals surface area contributed by atoms with Crippen LogP contribution in [-0.4, -0.2) is 60.8 Å². The van der Waals surface area contributed by atoms with Crippen LogP contribution < -0.4 is 19.7 Å². The number of hydrogen-bond acceptors (Lipinski definition) is 6. The van der Waals surface area contributed by atoms with Crippen LogP contribution in [0.15, 0.2) is 12.1 Å². The van der Waals surface area contributed by atoms with E-state index < -0.39 is 0 Å². The molecule has 0 aliphatic rings. The molecule has 1 aromatic carbocycles. The summed E-state index contributed by atoms with van der Waals surface area (Å²) in [4.78, 5) is 13.1.